The molecule has 9 heteroatoms. The number of rotatable bonds is 5. The molecule has 0 bridgehead atoms. The van der Waals surface area contributed by atoms with Crippen molar-refractivity contribution >= 4 is 44.5 Å². The number of fused-ring (bicyclic) bond motifs is 1. The number of nitrogens with zero attached hydrogens (tertiary/aromatic N) is 2. The zero-order valence-electron chi connectivity index (χ0n) is 18.1. The Hall–Kier alpha value is -3.01. The van der Waals surface area contributed by atoms with Gasteiger partial charge in [0, 0.05) is 26.6 Å². The molecule has 0 radical (unpaired) electrons. The Morgan fingerprint density at radius 2 is 2.03 bits per heavy atom. The Bertz CT molecular complexity index is 1370. The topological polar surface area (TPSA) is 98.3 Å². The molecule has 170 valence electrons. The number of carbonyl (C=O) groups is 1. The van der Waals surface area contributed by atoms with E-state index in [0.29, 0.717) is 36.3 Å². The second kappa shape index (κ2) is 9.09. The van der Waals surface area contributed by atoms with E-state index in [0.717, 1.165) is 28.4 Å². The van der Waals surface area contributed by atoms with Crippen molar-refractivity contribution in [3.63, 3.8) is 0 Å². The Kier molecular flexibility index (Phi) is 6.01. The van der Waals surface area contributed by atoms with Crippen molar-refractivity contribution in [2.24, 2.45) is 5.92 Å². The van der Waals surface area contributed by atoms with Crippen LogP contribution in [-0.2, 0) is 11.3 Å². The molecule has 4 aromatic rings. The summed E-state index contributed by atoms with van der Waals surface area (Å²) < 4.78 is 0. The lowest BCUT2D eigenvalue weighted by molar-refractivity contribution is -0.121. The molecule has 7 nitrogen and oxygen atoms in total. The smallest absolute Gasteiger partial charge is 0.260 e. The van der Waals surface area contributed by atoms with Crippen molar-refractivity contribution in [3.8, 4) is 16.2 Å². The molecule has 0 unspecified atom stereocenters. The lowest BCUT2D eigenvalue weighted by Crippen LogP contribution is -2.38. The van der Waals surface area contributed by atoms with Crippen LogP contribution in [-0.4, -0.2) is 39.0 Å². The summed E-state index contributed by atoms with van der Waals surface area (Å²) in [5.41, 5.74) is 1.28. The average molecular weight is 481 g/mol. The van der Waals surface area contributed by atoms with E-state index in [1.54, 1.807) is 35.6 Å². The third kappa shape index (κ3) is 4.57. The van der Waals surface area contributed by atoms with E-state index in [2.05, 4.69) is 28.2 Å². The van der Waals surface area contributed by atoms with Crippen molar-refractivity contribution < 1.29 is 9.90 Å². The summed E-state index contributed by atoms with van der Waals surface area (Å²) in [7, 11) is 0. The minimum absolute atomic E-state index is 0.0691. The normalized spacial score (nSPS) is 15.2. The Balaban J connectivity index is 1.24. The molecule has 3 aromatic heterocycles. The van der Waals surface area contributed by atoms with Gasteiger partial charge in [0.05, 0.1) is 17.6 Å². The number of aromatic nitrogens is 2. The zero-order valence-corrected chi connectivity index (χ0v) is 19.8. The summed E-state index contributed by atoms with van der Waals surface area (Å²) in [6, 6.07) is 10.9. The highest BCUT2D eigenvalue weighted by molar-refractivity contribution is 7.19. The molecule has 0 atom stereocenters. The molecule has 0 saturated carbocycles. The first-order valence-electron chi connectivity index (χ1n) is 10.9. The van der Waals surface area contributed by atoms with Crippen LogP contribution in [0.2, 0.25) is 0 Å². The van der Waals surface area contributed by atoms with E-state index in [4.69, 9.17) is 4.98 Å². The molecular formula is C24H24N4O3S2. The number of aryl methyl sites for hydroxylation is 1. The van der Waals surface area contributed by atoms with Gasteiger partial charge < -0.3 is 15.4 Å². The van der Waals surface area contributed by atoms with Crippen LogP contribution in [0.3, 0.4) is 0 Å². The summed E-state index contributed by atoms with van der Waals surface area (Å²) in [5, 5.41) is 15.4. The molecule has 0 spiro atoms. The first kappa shape index (κ1) is 21.8. The number of carbonyl (C=O) groups excluding carboxylic acids is 1. The van der Waals surface area contributed by atoms with Crippen LogP contribution in [0, 0.1) is 12.8 Å². The van der Waals surface area contributed by atoms with Gasteiger partial charge in [0.15, 0.2) is 0 Å². The summed E-state index contributed by atoms with van der Waals surface area (Å²) in [4.78, 5) is 38.4. The Labute approximate surface area is 198 Å². The van der Waals surface area contributed by atoms with Gasteiger partial charge in [-0.15, -0.1) is 22.7 Å². The van der Waals surface area contributed by atoms with Gasteiger partial charge in [0.2, 0.25) is 5.91 Å². The number of thiophene rings is 2. The third-order valence-electron chi connectivity index (χ3n) is 5.99. The Morgan fingerprint density at radius 3 is 2.76 bits per heavy atom. The van der Waals surface area contributed by atoms with Crippen LogP contribution in [0.1, 0.15) is 23.5 Å². The zero-order chi connectivity index (χ0) is 22.9. The first-order valence-corrected chi connectivity index (χ1v) is 12.6. The summed E-state index contributed by atoms with van der Waals surface area (Å²) in [5.74, 6) is 0.545. The molecule has 5 rings (SSSR count). The SMILES string of the molecule is Cc1ccc(-c2csc3nc(CN4CCC(C(=O)Nc5ccccc5O)CC4)[nH]c(=O)c23)s1. The van der Waals surface area contributed by atoms with E-state index in [1.807, 2.05) is 11.4 Å². The predicted octanol–water partition coefficient (Wildman–Crippen LogP) is 4.58. The number of nitrogens with one attached hydrogen (secondary N) is 2. The van der Waals surface area contributed by atoms with Crippen molar-refractivity contribution in [1.29, 1.82) is 0 Å². The highest BCUT2D eigenvalue weighted by atomic mass is 32.1. The fourth-order valence-electron chi connectivity index (χ4n) is 4.21. The number of anilines is 1. The lowest BCUT2D eigenvalue weighted by atomic mass is 9.95. The van der Waals surface area contributed by atoms with Gasteiger partial charge in [-0.3, -0.25) is 14.5 Å². The summed E-state index contributed by atoms with van der Waals surface area (Å²) >= 11 is 3.18. The van der Waals surface area contributed by atoms with Gasteiger partial charge in [0.1, 0.15) is 16.4 Å². The van der Waals surface area contributed by atoms with Crippen LogP contribution >= 0.6 is 22.7 Å². The number of piperidine rings is 1. The molecule has 1 saturated heterocycles. The minimum Gasteiger partial charge on any atom is -0.506 e. The summed E-state index contributed by atoms with van der Waals surface area (Å²) in [6.07, 6.45) is 1.43. The number of likely N-dealkylation sites (tertiary alicyclic amines) is 1. The number of aromatic hydroxyl groups is 1. The van der Waals surface area contributed by atoms with Crippen LogP contribution in [0.4, 0.5) is 5.69 Å². The van der Waals surface area contributed by atoms with Gasteiger partial charge in [0.25, 0.3) is 5.56 Å². The molecular weight excluding hydrogens is 456 g/mol. The maximum atomic E-state index is 12.9. The number of phenols is 1. The molecule has 1 aromatic carbocycles. The van der Waals surface area contributed by atoms with E-state index in [1.165, 1.54) is 16.2 Å². The van der Waals surface area contributed by atoms with Crippen LogP contribution < -0.4 is 10.9 Å². The predicted molar refractivity (Wildman–Crippen MR) is 133 cm³/mol. The highest BCUT2D eigenvalue weighted by Crippen LogP contribution is 2.35. The quantitative estimate of drug-likeness (QED) is 0.363. The maximum absolute atomic E-state index is 12.9. The van der Waals surface area contributed by atoms with Crippen LogP contribution in [0.15, 0.2) is 46.6 Å². The van der Waals surface area contributed by atoms with Gasteiger partial charge in [-0.1, -0.05) is 12.1 Å². The van der Waals surface area contributed by atoms with E-state index in [-0.39, 0.29) is 23.1 Å². The number of hydrogen-bond acceptors (Lipinski definition) is 7. The fourth-order valence-corrected chi connectivity index (χ4v) is 6.13. The molecule has 1 aliphatic rings. The number of H-pyrrole nitrogens is 1. The molecule has 4 heterocycles. The number of aromatic amines is 1. The van der Waals surface area contributed by atoms with E-state index < -0.39 is 0 Å². The number of benzene rings is 1. The molecule has 33 heavy (non-hydrogen) atoms. The molecule has 1 amide bonds. The lowest BCUT2D eigenvalue weighted by Gasteiger charge is -2.30. The van der Waals surface area contributed by atoms with Crippen molar-refractivity contribution in [1.82, 2.24) is 14.9 Å². The van der Waals surface area contributed by atoms with E-state index in [9.17, 15) is 14.7 Å². The van der Waals surface area contributed by atoms with Gasteiger partial charge in [-0.25, -0.2) is 4.98 Å². The standard InChI is InChI=1S/C24H24N4O3S2/c1-14-6-7-19(33-14)16-13-32-24-21(16)23(31)26-20(27-24)12-28-10-8-15(9-11-28)22(30)25-17-4-2-3-5-18(17)29/h2-7,13,15,29H,8-12H2,1H3,(H,25,30)(H,26,27,31). The number of phenolic OH excluding ortho intramolecular Hbond substituents is 1. The van der Waals surface area contributed by atoms with Gasteiger partial charge in [-0.05, 0) is 57.1 Å². The van der Waals surface area contributed by atoms with Gasteiger partial charge >= 0.3 is 0 Å². The Morgan fingerprint density at radius 1 is 1.24 bits per heavy atom. The van der Waals surface area contributed by atoms with Gasteiger partial charge in [-0.2, -0.15) is 0 Å². The maximum Gasteiger partial charge on any atom is 0.260 e. The largest absolute Gasteiger partial charge is 0.506 e. The second-order valence-electron chi connectivity index (χ2n) is 8.31. The van der Waals surface area contributed by atoms with Crippen LogP contribution in [0.25, 0.3) is 20.7 Å². The van der Waals surface area contributed by atoms with E-state index >= 15 is 0 Å². The highest BCUT2D eigenvalue weighted by Gasteiger charge is 2.26. The third-order valence-corrected chi connectivity index (χ3v) is 7.90. The second-order valence-corrected chi connectivity index (χ2v) is 10.5. The van der Waals surface area contributed by atoms with Crippen molar-refractivity contribution in [2.75, 3.05) is 18.4 Å². The minimum atomic E-state index is -0.107. The van der Waals surface area contributed by atoms with Crippen molar-refractivity contribution in [2.45, 2.75) is 26.3 Å². The molecule has 3 N–H and O–H groups in total. The summed E-state index contributed by atoms with van der Waals surface area (Å²) in [6.45, 7) is 4.08. The first-order chi connectivity index (χ1) is 16.0. The molecule has 0 aliphatic carbocycles. The monoisotopic (exact) mass is 480 g/mol. The number of hydrogen-bond donors (Lipinski definition) is 3. The number of amides is 1. The number of para-hydroxylation sites is 2. The molecule has 1 fully saturated rings. The average Bonchev–Trinajstić information content (AvgIpc) is 3.42. The fraction of sp³-hybridized carbons (Fsp3) is 0.292. The van der Waals surface area contributed by atoms with Crippen molar-refractivity contribution in [3.05, 3.63) is 62.8 Å². The molecule has 1 aliphatic heterocycles. The van der Waals surface area contributed by atoms with Crippen LogP contribution in [0.5, 0.6) is 5.75 Å².